The summed E-state index contributed by atoms with van der Waals surface area (Å²) in [6, 6.07) is 12.5. The molecule has 0 atom stereocenters. The summed E-state index contributed by atoms with van der Waals surface area (Å²) in [5.41, 5.74) is 2.12. The number of thiazole rings is 1. The molecule has 2 aromatic carbocycles. The van der Waals surface area contributed by atoms with Gasteiger partial charge < -0.3 is 14.4 Å². The first-order valence-corrected chi connectivity index (χ1v) is 11.1. The molecule has 0 bridgehead atoms. The molecular formula is C23H26ClN3O3S. The van der Waals surface area contributed by atoms with E-state index < -0.39 is 0 Å². The van der Waals surface area contributed by atoms with Gasteiger partial charge in [0.05, 0.1) is 19.9 Å². The van der Waals surface area contributed by atoms with Crippen molar-refractivity contribution in [3.05, 3.63) is 58.4 Å². The van der Waals surface area contributed by atoms with Crippen LogP contribution in [0.15, 0.2) is 47.8 Å². The third kappa shape index (κ3) is 5.76. The van der Waals surface area contributed by atoms with Gasteiger partial charge in [0.25, 0.3) is 5.91 Å². The van der Waals surface area contributed by atoms with Gasteiger partial charge >= 0.3 is 0 Å². The van der Waals surface area contributed by atoms with Gasteiger partial charge in [-0.2, -0.15) is 0 Å². The highest BCUT2D eigenvalue weighted by molar-refractivity contribution is 7.14. The SMILES string of the molecule is COc1ccc(OC)c(-c2csc(N(CCCN(C)C)C(=O)c3ccc(Cl)cc3)n2)c1. The molecule has 0 saturated carbocycles. The molecule has 31 heavy (non-hydrogen) atoms. The molecule has 1 heterocycles. The maximum atomic E-state index is 13.3. The summed E-state index contributed by atoms with van der Waals surface area (Å²) in [6.45, 7) is 1.42. The van der Waals surface area contributed by atoms with Crippen LogP contribution in [0.4, 0.5) is 5.13 Å². The number of nitrogens with zero attached hydrogens (tertiary/aromatic N) is 3. The molecule has 0 fully saturated rings. The van der Waals surface area contributed by atoms with Gasteiger partial charge in [-0.15, -0.1) is 11.3 Å². The number of aromatic nitrogens is 1. The number of carbonyl (C=O) groups is 1. The summed E-state index contributed by atoms with van der Waals surface area (Å²) < 4.78 is 10.9. The van der Waals surface area contributed by atoms with E-state index in [4.69, 9.17) is 26.1 Å². The minimum Gasteiger partial charge on any atom is -0.497 e. The number of ether oxygens (including phenoxy) is 2. The normalized spacial score (nSPS) is 10.9. The van der Waals surface area contributed by atoms with Crippen LogP contribution in [-0.4, -0.2) is 57.2 Å². The van der Waals surface area contributed by atoms with Crippen molar-refractivity contribution in [1.82, 2.24) is 9.88 Å². The Morgan fingerprint density at radius 2 is 1.81 bits per heavy atom. The van der Waals surface area contributed by atoms with E-state index in [1.165, 1.54) is 11.3 Å². The van der Waals surface area contributed by atoms with Gasteiger partial charge in [-0.05, 0) is 69.5 Å². The highest BCUT2D eigenvalue weighted by Gasteiger charge is 2.22. The molecule has 0 aliphatic carbocycles. The van der Waals surface area contributed by atoms with Crippen molar-refractivity contribution in [1.29, 1.82) is 0 Å². The summed E-state index contributed by atoms with van der Waals surface area (Å²) in [5.74, 6) is 1.31. The Morgan fingerprint density at radius 1 is 1.06 bits per heavy atom. The second-order valence-corrected chi connectivity index (χ2v) is 8.48. The second kappa shape index (κ2) is 10.6. The van der Waals surface area contributed by atoms with Crippen LogP contribution in [0.5, 0.6) is 11.5 Å². The van der Waals surface area contributed by atoms with Crippen molar-refractivity contribution < 1.29 is 14.3 Å². The number of hydrogen-bond donors (Lipinski definition) is 0. The van der Waals surface area contributed by atoms with Gasteiger partial charge in [-0.25, -0.2) is 4.98 Å². The molecule has 8 heteroatoms. The molecule has 164 valence electrons. The monoisotopic (exact) mass is 459 g/mol. The maximum absolute atomic E-state index is 13.3. The van der Waals surface area contributed by atoms with E-state index in [0.29, 0.717) is 33.8 Å². The van der Waals surface area contributed by atoms with Gasteiger partial charge in [-0.3, -0.25) is 9.69 Å². The highest BCUT2D eigenvalue weighted by Crippen LogP contribution is 2.36. The number of anilines is 1. The fourth-order valence-electron chi connectivity index (χ4n) is 3.10. The molecule has 0 saturated heterocycles. The standard InChI is InChI=1S/C23H26ClN3O3S/c1-26(2)12-5-13-27(22(28)16-6-8-17(24)9-7-16)23-25-20(15-31-23)19-14-18(29-3)10-11-21(19)30-4/h6-11,14-15H,5,12-13H2,1-4H3. The van der Waals surface area contributed by atoms with Crippen molar-refractivity contribution in [2.75, 3.05) is 46.3 Å². The maximum Gasteiger partial charge on any atom is 0.260 e. The van der Waals surface area contributed by atoms with E-state index in [2.05, 4.69) is 4.90 Å². The van der Waals surface area contributed by atoms with Gasteiger partial charge in [-0.1, -0.05) is 11.6 Å². The van der Waals surface area contributed by atoms with Gasteiger partial charge in [0.15, 0.2) is 5.13 Å². The fraction of sp³-hybridized carbons (Fsp3) is 0.304. The number of benzene rings is 2. The van der Waals surface area contributed by atoms with Gasteiger partial charge in [0, 0.05) is 28.1 Å². The average Bonchev–Trinajstić information content (AvgIpc) is 3.26. The number of rotatable bonds is 9. The third-order valence-electron chi connectivity index (χ3n) is 4.73. The highest BCUT2D eigenvalue weighted by atomic mass is 35.5. The lowest BCUT2D eigenvalue weighted by molar-refractivity contribution is 0.0986. The van der Waals surface area contributed by atoms with Gasteiger partial charge in [0.1, 0.15) is 11.5 Å². The molecule has 0 aliphatic heterocycles. The Labute approximate surface area is 192 Å². The summed E-state index contributed by atoms with van der Waals surface area (Å²) in [4.78, 5) is 21.9. The topological polar surface area (TPSA) is 54.9 Å². The summed E-state index contributed by atoms with van der Waals surface area (Å²) >= 11 is 7.42. The van der Waals surface area contributed by atoms with Crippen molar-refractivity contribution in [3.8, 4) is 22.8 Å². The first-order chi connectivity index (χ1) is 14.9. The minimum atomic E-state index is -0.103. The van der Waals surface area contributed by atoms with Crippen LogP contribution < -0.4 is 14.4 Å². The number of halogens is 1. The second-order valence-electron chi connectivity index (χ2n) is 7.20. The van der Waals surface area contributed by atoms with E-state index >= 15 is 0 Å². The lowest BCUT2D eigenvalue weighted by atomic mass is 10.1. The molecule has 0 radical (unpaired) electrons. The lowest BCUT2D eigenvalue weighted by Gasteiger charge is -2.21. The molecule has 3 aromatic rings. The zero-order valence-electron chi connectivity index (χ0n) is 18.1. The van der Waals surface area contributed by atoms with Gasteiger partial charge in [0.2, 0.25) is 0 Å². The van der Waals surface area contributed by atoms with Crippen LogP contribution in [0.1, 0.15) is 16.8 Å². The molecule has 0 unspecified atom stereocenters. The smallest absolute Gasteiger partial charge is 0.260 e. The zero-order valence-corrected chi connectivity index (χ0v) is 19.7. The lowest BCUT2D eigenvalue weighted by Crippen LogP contribution is -2.33. The number of methoxy groups -OCH3 is 2. The Balaban J connectivity index is 1.94. The first-order valence-electron chi connectivity index (χ1n) is 9.83. The molecule has 0 aliphatic rings. The quantitative estimate of drug-likeness (QED) is 0.446. The van der Waals surface area contributed by atoms with Crippen LogP contribution in [0.25, 0.3) is 11.3 Å². The number of hydrogen-bond acceptors (Lipinski definition) is 6. The molecule has 3 rings (SSSR count). The van der Waals surface area contributed by atoms with E-state index in [0.717, 1.165) is 24.2 Å². The molecule has 0 N–H and O–H groups in total. The van der Waals surface area contributed by atoms with Crippen molar-refractivity contribution in [2.24, 2.45) is 0 Å². The Bertz CT molecular complexity index is 1020. The predicted octanol–water partition coefficient (Wildman–Crippen LogP) is 5.08. The van der Waals surface area contributed by atoms with Crippen molar-refractivity contribution in [2.45, 2.75) is 6.42 Å². The predicted molar refractivity (Wildman–Crippen MR) is 127 cm³/mol. The van der Waals surface area contributed by atoms with Crippen LogP contribution in [0, 0.1) is 0 Å². The van der Waals surface area contributed by atoms with Crippen molar-refractivity contribution in [3.63, 3.8) is 0 Å². The Hall–Kier alpha value is -2.61. The minimum absolute atomic E-state index is 0.103. The molecular weight excluding hydrogens is 434 g/mol. The van der Waals surface area contributed by atoms with Crippen molar-refractivity contribution >= 4 is 34.0 Å². The fourth-order valence-corrected chi connectivity index (χ4v) is 4.08. The van der Waals surface area contributed by atoms with Crippen LogP contribution in [0.3, 0.4) is 0 Å². The Kier molecular flexibility index (Phi) is 7.90. The van der Waals surface area contributed by atoms with E-state index in [-0.39, 0.29) is 5.91 Å². The molecule has 1 aromatic heterocycles. The van der Waals surface area contributed by atoms with Crippen LogP contribution in [-0.2, 0) is 0 Å². The van der Waals surface area contributed by atoms with E-state index in [1.54, 1.807) is 43.4 Å². The van der Waals surface area contributed by atoms with Crippen LogP contribution in [0.2, 0.25) is 5.02 Å². The zero-order chi connectivity index (χ0) is 22.4. The summed E-state index contributed by atoms with van der Waals surface area (Å²) in [5, 5.41) is 3.16. The molecule has 0 spiro atoms. The number of amides is 1. The average molecular weight is 460 g/mol. The van der Waals surface area contributed by atoms with E-state index in [1.807, 2.05) is 37.7 Å². The summed E-state index contributed by atoms with van der Waals surface area (Å²) in [6.07, 6.45) is 0.823. The Morgan fingerprint density at radius 3 is 2.45 bits per heavy atom. The summed E-state index contributed by atoms with van der Waals surface area (Å²) in [7, 11) is 7.27. The van der Waals surface area contributed by atoms with E-state index in [9.17, 15) is 4.79 Å². The molecule has 6 nitrogen and oxygen atoms in total. The number of carbonyl (C=O) groups excluding carboxylic acids is 1. The molecule has 1 amide bonds. The van der Waals surface area contributed by atoms with Crippen LogP contribution >= 0.6 is 22.9 Å². The third-order valence-corrected chi connectivity index (χ3v) is 5.84. The first kappa shape index (κ1) is 23.1. The largest absolute Gasteiger partial charge is 0.497 e.